The summed E-state index contributed by atoms with van der Waals surface area (Å²) < 4.78 is 0. The number of hydrogen-bond donors (Lipinski definition) is 1. The van der Waals surface area contributed by atoms with Crippen molar-refractivity contribution >= 4 is 11.7 Å². The molecule has 1 N–H and O–H groups in total. The van der Waals surface area contributed by atoms with Crippen LogP contribution in [0, 0.1) is 0 Å². The highest BCUT2D eigenvalue weighted by molar-refractivity contribution is 5.89. The fraction of sp³-hybridized carbons (Fsp3) is 0.500. The monoisotopic (exact) mass is 394 g/mol. The highest BCUT2D eigenvalue weighted by Crippen LogP contribution is 2.12. The van der Waals surface area contributed by atoms with Crippen molar-refractivity contribution in [1.29, 1.82) is 0 Å². The Morgan fingerprint density at radius 1 is 0.724 bits per heavy atom. The first-order valence-electron chi connectivity index (χ1n) is 11.4. The summed E-state index contributed by atoms with van der Waals surface area (Å²) in [4.78, 5) is 14.8. The third-order valence-corrected chi connectivity index (χ3v) is 5.36. The van der Waals surface area contributed by atoms with E-state index in [2.05, 4.69) is 36.5 Å². The van der Waals surface area contributed by atoms with Crippen molar-refractivity contribution in [3.8, 4) is 0 Å². The molecule has 0 aliphatic heterocycles. The van der Waals surface area contributed by atoms with Crippen molar-refractivity contribution in [3.63, 3.8) is 0 Å². The average Bonchev–Trinajstić information content (AvgIpc) is 2.76. The molecule has 3 nitrogen and oxygen atoms in total. The Balaban J connectivity index is 1.75. The average molecular weight is 395 g/mol. The second-order valence-electron chi connectivity index (χ2n) is 7.85. The summed E-state index contributed by atoms with van der Waals surface area (Å²) in [5.74, 6) is 0. The maximum Gasteiger partial charge on any atom is 0.321 e. The molecule has 0 saturated carbocycles. The van der Waals surface area contributed by atoms with Crippen molar-refractivity contribution in [2.75, 3.05) is 18.4 Å². The summed E-state index contributed by atoms with van der Waals surface area (Å²) in [5, 5.41) is 3.05. The van der Waals surface area contributed by atoms with E-state index in [9.17, 15) is 4.79 Å². The van der Waals surface area contributed by atoms with Crippen LogP contribution >= 0.6 is 0 Å². The van der Waals surface area contributed by atoms with Gasteiger partial charge >= 0.3 is 6.03 Å². The minimum Gasteiger partial charge on any atom is -0.324 e. The summed E-state index contributed by atoms with van der Waals surface area (Å²) >= 11 is 0. The minimum atomic E-state index is 0.00620. The number of amides is 2. The summed E-state index contributed by atoms with van der Waals surface area (Å²) in [6.07, 6.45) is 12.5. The predicted octanol–water partition coefficient (Wildman–Crippen LogP) is 7.29. The van der Waals surface area contributed by atoms with Crippen LogP contribution in [0.5, 0.6) is 0 Å². The van der Waals surface area contributed by atoms with E-state index in [-0.39, 0.29) is 6.03 Å². The van der Waals surface area contributed by atoms with E-state index in [1.54, 1.807) is 0 Å². The van der Waals surface area contributed by atoms with Gasteiger partial charge in [0.05, 0.1) is 0 Å². The van der Waals surface area contributed by atoms with Crippen LogP contribution in [0.4, 0.5) is 10.5 Å². The molecule has 0 radical (unpaired) electrons. The molecular formula is C26H38N2O. The summed E-state index contributed by atoms with van der Waals surface area (Å²) in [6.45, 7) is 3.83. The van der Waals surface area contributed by atoms with Gasteiger partial charge < -0.3 is 10.2 Å². The smallest absolute Gasteiger partial charge is 0.321 e. The van der Waals surface area contributed by atoms with E-state index in [0.717, 1.165) is 31.6 Å². The zero-order valence-corrected chi connectivity index (χ0v) is 18.1. The van der Waals surface area contributed by atoms with Gasteiger partial charge in [-0.25, -0.2) is 4.79 Å². The van der Waals surface area contributed by atoms with Gasteiger partial charge in [0.25, 0.3) is 0 Å². The Hall–Kier alpha value is -2.29. The lowest BCUT2D eigenvalue weighted by Gasteiger charge is -2.23. The number of hydrogen-bond acceptors (Lipinski definition) is 1. The fourth-order valence-electron chi connectivity index (χ4n) is 3.56. The van der Waals surface area contributed by atoms with Crippen LogP contribution in [0.3, 0.4) is 0 Å². The van der Waals surface area contributed by atoms with Gasteiger partial charge in [0, 0.05) is 18.8 Å². The van der Waals surface area contributed by atoms with E-state index < -0.39 is 0 Å². The number of benzene rings is 2. The zero-order valence-electron chi connectivity index (χ0n) is 18.1. The van der Waals surface area contributed by atoms with Gasteiger partial charge in [0.1, 0.15) is 0 Å². The number of para-hydroxylation sites is 1. The summed E-state index contributed by atoms with van der Waals surface area (Å²) in [6, 6.07) is 20.2. The van der Waals surface area contributed by atoms with Crippen LogP contribution in [0.25, 0.3) is 0 Å². The van der Waals surface area contributed by atoms with Crippen LogP contribution in [-0.2, 0) is 6.42 Å². The second-order valence-corrected chi connectivity index (χ2v) is 7.85. The van der Waals surface area contributed by atoms with Crippen LogP contribution in [0.15, 0.2) is 60.7 Å². The molecule has 0 fully saturated rings. The van der Waals surface area contributed by atoms with Crippen LogP contribution in [0.2, 0.25) is 0 Å². The highest BCUT2D eigenvalue weighted by Gasteiger charge is 2.13. The molecule has 0 atom stereocenters. The molecule has 158 valence electrons. The van der Waals surface area contributed by atoms with E-state index in [1.165, 1.54) is 56.9 Å². The molecule has 0 saturated heterocycles. The number of anilines is 1. The molecule has 0 bridgehead atoms. The highest BCUT2D eigenvalue weighted by atomic mass is 16.2. The van der Waals surface area contributed by atoms with Crippen LogP contribution in [0.1, 0.15) is 70.3 Å². The maximum absolute atomic E-state index is 12.8. The number of carbonyl (C=O) groups is 1. The molecule has 0 spiro atoms. The van der Waals surface area contributed by atoms with Gasteiger partial charge in [-0.1, -0.05) is 107 Å². The van der Waals surface area contributed by atoms with Gasteiger partial charge in [0.2, 0.25) is 0 Å². The molecule has 2 aromatic carbocycles. The quantitative estimate of drug-likeness (QED) is 0.335. The third kappa shape index (κ3) is 10.2. The largest absolute Gasteiger partial charge is 0.324 e. The van der Waals surface area contributed by atoms with E-state index in [0.29, 0.717) is 0 Å². The third-order valence-electron chi connectivity index (χ3n) is 5.36. The van der Waals surface area contributed by atoms with E-state index in [4.69, 9.17) is 0 Å². The lowest BCUT2D eigenvalue weighted by molar-refractivity contribution is 0.211. The van der Waals surface area contributed by atoms with Gasteiger partial charge in [0.15, 0.2) is 0 Å². The standard InChI is InChI=1S/C26H38N2O/c1-2-3-4-5-6-7-8-9-16-22-28(23-21-24-17-12-10-13-18-24)26(29)27-25-19-14-11-15-20-25/h10-15,17-20H,2-9,16,21-23H2,1H3,(H,27,29). The minimum absolute atomic E-state index is 0.00620. The van der Waals surface area contributed by atoms with Crippen LogP contribution in [-0.4, -0.2) is 24.0 Å². The van der Waals surface area contributed by atoms with Gasteiger partial charge in [-0.05, 0) is 30.5 Å². The SMILES string of the molecule is CCCCCCCCCCCN(CCc1ccccc1)C(=O)Nc1ccccc1. The Morgan fingerprint density at radius 2 is 1.28 bits per heavy atom. The molecule has 0 aliphatic carbocycles. The van der Waals surface area contributed by atoms with E-state index >= 15 is 0 Å². The normalized spacial score (nSPS) is 10.7. The Bertz CT molecular complexity index is 657. The number of nitrogens with one attached hydrogen (secondary N) is 1. The van der Waals surface area contributed by atoms with Crippen molar-refractivity contribution in [3.05, 3.63) is 66.2 Å². The molecule has 2 aromatic rings. The lowest BCUT2D eigenvalue weighted by Crippen LogP contribution is -2.37. The van der Waals surface area contributed by atoms with Crippen molar-refractivity contribution in [1.82, 2.24) is 4.90 Å². The van der Waals surface area contributed by atoms with Crippen molar-refractivity contribution in [2.24, 2.45) is 0 Å². The van der Waals surface area contributed by atoms with Crippen molar-refractivity contribution < 1.29 is 4.79 Å². The first kappa shape index (κ1) is 23.0. The predicted molar refractivity (Wildman–Crippen MR) is 124 cm³/mol. The number of nitrogens with zero attached hydrogens (tertiary/aromatic N) is 1. The van der Waals surface area contributed by atoms with Crippen LogP contribution < -0.4 is 5.32 Å². The first-order valence-corrected chi connectivity index (χ1v) is 11.4. The number of rotatable bonds is 14. The fourth-order valence-corrected chi connectivity index (χ4v) is 3.56. The molecular weight excluding hydrogens is 356 g/mol. The summed E-state index contributed by atoms with van der Waals surface area (Å²) in [7, 11) is 0. The molecule has 0 unspecified atom stereocenters. The summed E-state index contributed by atoms with van der Waals surface area (Å²) in [5.41, 5.74) is 2.13. The maximum atomic E-state index is 12.8. The number of urea groups is 1. The van der Waals surface area contributed by atoms with E-state index in [1.807, 2.05) is 41.3 Å². The molecule has 2 amide bonds. The Labute approximate surface area is 177 Å². The topological polar surface area (TPSA) is 32.3 Å². The number of carbonyl (C=O) groups excluding carboxylic acids is 1. The van der Waals surface area contributed by atoms with Crippen molar-refractivity contribution in [2.45, 2.75) is 71.1 Å². The first-order chi connectivity index (χ1) is 14.3. The molecule has 0 aromatic heterocycles. The molecule has 3 heteroatoms. The molecule has 0 heterocycles. The Kier molecular flexibility index (Phi) is 11.6. The molecule has 2 rings (SSSR count). The molecule has 0 aliphatic rings. The molecule has 29 heavy (non-hydrogen) atoms. The lowest BCUT2D eigenvalue weighted by atomic mass is 10.1. The van der Waals surface area contributed by atoms with Gasteiger partial charge in [-0.3, -0.25) is 0 Å². The Morgan fingerprint density at radius 3 is 1.90 bits per heavy atom. The second kappa shape index (κ2) is 14.7. The van der Waals surface area contributed by atoms with Gasteiger partial charge in [-0.2, -0.15) is 0 Å². The number of unbranched alkanes of at least 4 members (excludes halogenated alkanes) is 8. The van der Waals surface area contributed by atoms with Gasteiger partial charge in [-0.15, -0.1) is 0 Å². The zero-order chi connectivity index (χ0) is 20.6.